The molecule has 0 saturated carbocycles. The molecule has 0 aliphatic heterocycles. The number of azide groups is 1. The van der Waals surface area contributed by atoms with Crippen molar-refractivity contribution in [2.24, 2.45) is 5.11 Å². The number of hydrogen-bond donors (Lipinski definition) is 3. The van der Waals surface area contributed by atoms with Gasteiger partial charge in [-0.3, -0.25) is 24.1 Å². The van der Waals surface area contributed by atoms with Gasteiger partial charge in [0.2, 0.25) is 11.8 Å². The normalized spacial score (nSPS) is 12.0. The Bertz CT molecular complexity index is 2340. The highest BCUT2D eigenvalue weighted by Gasteiger charge is 2.29. The first-order chi connectivity index (χ1) is 33.2. The SMILES string of the molecule is COC(=O)C[C@H](NC(=O)[C@H](CC(=O)O)NC(=O)CCCN(C(=O)OC(C)(C)C)c1cc(C)ccn1)c1ccc(-c2ccc(OCCOCCOCCOCCOCCN=[N+]=[N-])c3ccccc23)cc1. The molecule has 4 aromatic rings. The van der Waals surface area contributed by atoms with Crippen LogP contribution < -0.4 is 20.3 Å². The summed E-state index contributed by atoms with van der Waals surface area (Å²) >= 11 is 0. The van der Waals surface area contributed by atoms with Crippen molar-refractivity contribution in [3.8, 4) is 16.9 Å². The summed E-state index contributed by atoms with van der Waals surface area (Å²) in [6.07, 6.45) is -0.117. The van der Waals surface area contributed by atoms with Gasteiger partial charge in [-0.25, -0.2) is 9.78 Å². The molecule has 0 saturated heterocycles. The molecule has 3 N–H and O–H groups in total. The number of rotatable bonds is 30. The summed E-state index contributed by atoms with van der Waals surface area (Å²) < 4.78 is 38.5. The van der Waals surface area contributed by atoms with Crippen LogP contribution in [0.4, 0.5) is 10.6 Å². The maximum atomic E-state index is 13.7. The zero-order chi connectivity index (χ0) is 50.0. The lowest BCUT2D eigenvalue weighted by atomic mass is 9.95. The van der Waals surface area contributed by atoms with Gasteiger partial charge in [0.15, 0.2) is 0 Å². The average Bonchev–Trinajstić information content (AvgIpc) is 3.31. The lowest BCUT2D eigenvalue weighted by Crippen LogP contribution is -2.49. The molecular weight excluding hydrogens is 895 g/mol. The number of carboxylic acids is 1. The van der Waals surface area contributed by atoms with E-state index in [1.807, 2.05) is 55.5 Å². The number of nitrogens with zero attached hydrogens (tertiary/aromatic N) is 5. The molecule has 0 fully saturated rings. The Kier molecular flexibility index (Phi) is 23.1. The van der Waals surface area contributed by atoms with Crippen molar-refractivity contribution in [3.63, 3.8) is 0 Å². The predicted molar refractivity (Wildman–Crippen MR) is 256 cm³/mol. The molecule has 3 aromatic carbocycles. The summed E-state index contributed by atoms with van der Waals surface area (Å²) in [6.45, 7) is 10.8. The summed E-state index contributed by atoms with van der Waals surface area (Å²) in [5.74, 6) is -2.37. The molecule has 20 nitrogen and oxygen atoms in total. The highest BCUT2D eigenvalue weighted by atomic mass is 16.6. The minimum Gasteiger partial charge on any atom is -0.491 e. The van der Waals surface area contributed by atoms with Gasteiger partial charge < -0.3 is 48.9 Å². The summed E-state index contributed by atoms with van der Waals surface area (Å²) in [5.41, 5.74) is 10.6. The van der Waals surface area contributed by atoms with Crippen LogP contribution in [0.15, 0.2) is 84.1 Å². The van der Waals surface area contributed by atoms with Gasteiger partial charge in [-0.05, 0) is 85.5 Å². The number of amides is 3. The number of aryl methyl sites for hydroxylation is 1. The zero-order valence-electron chi connectivity index (χ0n) is 39.8. The number of anilines is 1. The highest BCUT2D eigenvalue weighted by molar-refractivity contribution is 6.00. The molecule has 4 rings (SSSR count). The Morgan fingerprint density at radius 1 is 0.812 bits per heavy atom. The van der Waals surface area contributed by atoms with Gasteiger partial charge >= 0.3 is 18.0 Å². The molecule has 1 aromatic heterocycles. The number of pyridine rings is 1. The van der Waals surface area contributed by atoms with Gasteiger partial charge in [0, 0.05) is 36.0 Å². The quantitative estimate of drug-likeness (QED) is 0.0159. The van der Waals surface area contributed by atoms with E-state index in [-0.39, 0.29) is 32.4 Å². The lowest BCUT2D eigenvalue weighted by Gasteiger charge is -2.27. The fraction of sp³-hybridized carbons (Fsp3) is 0.469. The van der Waals surface area contributed by atoms with E-state index in [0.29, 0.717) is 76.6 Å². The number of hydrogen-bond acceptors (Lipinski definition) is 14. The van der Waals surface area contributed by atoms with Crippen LogP contribution >= 0.6 is 0 Å². The van der Waals surface area contributed by atoms with Crippen molar-refractivity contribution in [1.29, 1.82) is 0 Å². The van der Waals surface area contributed by atoms with Gasteiger partial charge in [0.1, 0.15) is 29.8 Å². The van der Waals surface area contributed by atoms with Crippen LogP contribution in [0.25, 0.3) is 32.3 Å². The number of esters is 1. The molecule has 0 aliphatic carbocycles. The number of fused-ring (bicyclic) bond motifs is 1. The molecule has 372 valence electrons. The molecular formula is C49H63N7O13. The number of carbonyl (C=O) groups excluding carboxylic acids is 4. The Morgan fingerprint density at radius 3 is 2.06 bits per heavy atom. The second kappa shape index (κ2) is 29.1. The zero-order valence-corrected chi connectivity index (χ0v) is 39.8. The molecule has 0 unspecified atom stereocenters. The first-order valence-electron chi connectivity index (χ1n) is 22.6. The van der Waals surface area contributed by atoms with E-state index < -0.39 is 54.0 Å². The number of methoxy groups -OCH3 is 1. The maximum Gasteiger partial charge on any atom is 0.416 e. The molecule has 2 atom stereocenters. The third kappa shape index (κ3) is 19.7. The van der Waals surface area contributed by atoms with Crippen LogP contribution in [-0.4, -0.2) is 131 Å². The van der Waals surface area contributed by atoms with E-state index in [2.05, 4.69) is 25.6 Å². The summed E-state index contributed by atoms with van der Waals surface area (Å²) in [6, 6.07) is 19.9. The standard InChI is InChI=1S/C49H63N7O13/c1-34-18-19-51-43(31-34)56(48(62)69-49(2,3)4)21-8-11-44(57)53-41(32-45(58)59)47(61)54-40(33-46(60)63-5)36-14-12-35(13-15-36)37-16-17-42(39-10-7-6-9-38(37)39)68-30-29-67-28-27-66-26-25-65-24-23-64-22-20-52-55-50/h6-7,9-10,12-19,31,40-41H,8,11,20-30,32-33H2,1-5H3,(H,53,57)(H,54,61)(H,58,59)/t40-,41-/m0/s1. The van der Waals surface area contributed by atoms with Gasteiger partial charge in [-0.2, -0.15) is 0 Å². The maximum absolute atomic E-state index is 13.7. The van der Waals surface area contributed by atoms with Crippen molar-refractivity contribution in [3.05, 3.63) is 101 Å². The van der Waals surface area contributed by atoms with Crippen molar-refractivity contribution < 1.29 is 62.2 Å². The Balaban J connectivity index is 1.33. The van der Waals surface area contributed by atoms with Gasteiger partial charge in [-0.15, -0.1) is 0 Å². The molecule has 69 heavy (non-hydrogen) atoms. The monoisotopic (exact) mass is 957 g/mol. The van der Waals surface area contributed by atoms with Crippen LogP contribution in [-0.2, 0) is 47.6 Å². The van der Waals surface area contributed by atoms with Crippen molar-refractivity contribution >= 4 is 46.4 Å². The third-order valence-corrected chi connectivity index (χ3v) is 10.0. The molecule has 0 radical (unpaired) electrons. The molecule has 1 heterocycles. The molecule has 0 bridgehead atoms. The van der Waals surface area contributed by atoms with Crippen molar-refractivity contribution in [2.75, 3.05) is 84.6 Å². The topological polar surface area (TPSA) is 259 Å². The smallest absolute Gasteiger partial charge is 0.416 e. The lowest BCUT2D eigenvalue weighted by molar-refractivity contribution is -0.143. The van der Waals surface area contributed by atoms with Crippen LogP contribution in [0.2, 0.25) is 0 Å². The number of carbonyl (C=O) groups is 5. The second-order valence-corrected chi connectivity index (χ2v) is 16.5. The van der Waals surface area contributed by atoms with Crippen molar-refractivity contribution in [1.82, 2.24) is 15.6 Å². The van der Waals surface area contributed by atoms with E-state index in [4.69, 9.17) is 38.7 Å². The van der Waals surface area contributed by atoms with Crippen LogP contribution in [0.3, 0.4) is 0 Å². The second-order valence-electron chi connectivity index (χ2n) is 16.5. The number of aromatic nitrogens is 1. The van der Waals surface area contributed by atoms with E-state index in [9.17, 15) is 29.1 Å². The fourth-order valence-electron chi connectivity index (χ4n) is 6.77. The molecule has 0 aliphatic rings. The first kappa shape index (κ1) is 54.8. The van der Waals surface area contributed by atoms with Gasteiger partial charge in [0.25, 0.3) is 0 Å². The summed E-state index contributed by atoms with van der Waals surface area (Å²) in [5, 5.41) is 20.2. The Labute approximate surface area is 401 Å². The minimum atomic E-state index is -1.49. The summed E-state index contributed by atoms with van der Waals surface area (Å²) in [4.78, 5) is 72.8. The Morgan fingerprint density at radius 2 is 1.45 bits per heavy atom. The van der Waals surface area contributed by atoms with Crippen LogP contribution in [0, 0.1) is 6.92 Å². The number of aliphatic carboxylic acids is 1. The average molecular weight is 958 g/mol. The molecule has 3 amide bonds. The van der Waals surface area contributed by atoms with Gasteiger partial charge in [-0.1, -0.05) is 59.7 Å². The largest absolute Gasteiger partial charge is 0.491 e. The third-order valence-electron chi connectivity index (χ3n) is 10.0. The van der Waals surface area contributed by atoms with E-state index in [1.54, 1.807) is 51.2 Å². The predicted octanol–water partition coefficient (Wildman–Crippen LogP) is 6.87. The first-order valence-corrected chi connectivity index (χ1v) is 22.6. The summed E-state index contributed by atoms with van der Waals surface area (Å²) in [7, 11) is 1.22. The van der Waals surface area contributed by atoms with Crippen LogP contribution in [0.1, 0.15) is 63.6 Å². The van der Waals surface area contributed by atoms with E-state index in [0.717, 1.165) is 27.5 Å². The number of carboxylic acid groups (broad SMARTS) is 1. The number of ether oxygens (including phenoxy) is 7. The number of nitrogens with one attached hydrogen (secondary N) is 2. The van der Waals surface area contributed by atoms with Crippen LogP contribution in [0.5, 0.6) is 5.75 Å². The van der Waals surface area contributed by atoms with E-state index in [1.165, 1.54) is 12.0 Å². The molecule has 0 spiro atoms. The fourth-order valence-corrected chi connectivity index (χ4v) is 6.77. The minimum absolute atomic E-state index is 0.0496. The van der Waals surface area contributed by atoms with Gasteiger partial charge in [0.05, 0.1) is 78.8 Å². The Hall–Kier alpha value is -6.83. The molecule has 20 heteroatoms. The highest BCUT2D eigenvalue weighted by Crippen LogP contribution is 2.35. The number of benzene rings is 3. The van der Waals surface area contributed by atoms with Crippen molar-refractivity contribution in [2.45, 2.75) is 71.1 Å². The van der Waals surface area contributed by atoms with E-state index >= 15 is 0 Å².